The first kappa shape index (κ1) is 12.3. The number of aliphatic hydroxyl groups excluding tert-OH is 1. The lowest BCUT2D eigenvalue weighted by Gasteiger charge is -2.42. The Morgan fingerprint density at radius 1 is 1.31 bits per heavy atom. The molecule has 0 radical (unpaired) electrons. The van der Waals surface area contributed by atoms with Crippen molar-refractivity contribution in [3.63, 3.8) is 0 Å². The van der Waals surface area contributed by atoms with E-state index in [1.165, 1.54) is 4.31 Å². The lowest BCUT2D eigenvalue weighted by atomic mass is 9.78. The molecule has 94 valence electrons. The van der Waals surface area contributed by atoms with E-state index in [0.29, 0.717) is 39.1 Å². The van der Waals surface area contributed by atoms with Gasteiger partial charge in [-0.15, -0.1) is 0 Å². The molecule has 0 bridgehead atoms. The van der Waals surface area contributed by atoms with Gasteiger partial charge in [-0.1, -0.05) is 0 Å². The van der Waals surface area contributed by atoms with Crippen LogP contribution < -0.4 is 4.72 Å². The normalized spacial score (nSPS) is 26.3. The van der Waals surface area contributed by atoms with E-state index in [9.17, 15) is 13.5 Å². The van der Waals surface area contributed by atoms with Crippen LogP contribution >= 0.6 is 0 Å². The molecule has 0 amide bonds. The van der Waals surface area contributed by atoms with Crippen LogP contribution in [0.15, 0.2) is 0 Å². The summed E-state index contributed by atoms with van der Waals surface area (Å²) in [4.78, 5) is 0. The summed E-state index contributed by atoms with van der Waals surface area (Å²) in [5.41, 5.74) is -0.614. The third-order valence-electron chi connectivity index (χ3n) is 3.27. The highest BCUT2D eigenvalue weighted by Crippen LogP contribution is 2.32. The van der Waals surface area contributed by atoms with Crippen LogP contribution in [0.25, 0.3) is 0 Å². The summed E-state index contributed by atoms with van der Waals surface area (Å²) in [5.74, 6) is 0. The van der Waals surface area contributed by atoms with Gasteiger partial charge in [0.2, 0.25) is 0 Å². The van der Waals surface area contributed by atoms with Gasteiger partial charge in [-0.25, -0.2) is 0 Å². The van der Waals surface area contributed by atoms with Gasteiger partial charge in [0.1, 0.15) is 0 Å². The fourth-order valence-corrected chi connectivity index (χ4v) is 3.60. The van der Waals surface area contributed by atoms with E-state index in [0.717, 1.165) is 6.42 Å². The van der Waals surface area contributed by atoms with E-state index in [-0.39, 0.29) is 6.61 Å². The number of aliphatic hydroxyl groups is 1. The minimum Gasteiger partial charge on any atom is -0.394 e. The van der Waals surface area contributed by atoms with Crippen molar-refractivity contribution >= 4 is 10.2 Å². The van der Waals surface area contributed by atoms with E-state index in [2.05, 4.69) is 4.72 Å². The quantitative estimate of drug-likeness (QED) is 0.675. The second-order valence-corrected chi connectivity index (χ2v) is 6.08. The van der Waals surface area contributed by atoms with Crippen molar-refractivity contribution < 1.29 is 18.3 Å². The number of ether oxygens (including phenoxy) is 1. The maximum absolute atomic E-state index is 12.0. The molecule has 7 heteroatoms. The van der Waals surface area contributed by atoms with E-state index in [1.54, 1.807) is 0 Å². The van der Waals surface area contributed by atoms with Crippen molar-refractivity contribution in [2.75, 3.05) is 32.9 Å². The Kier molecular flexibility index (Phi) is 3.50. The molecule has 1 aliphatic heterocycles. The van der Waals surface area contributed by atoms with Crippen LogP contribution in [0.3, 0.4) is 0 Å². The largest absolute Gasteiger partial charge is 0.394 e. The first-order valence-electron chi connectivity index (χ1n) is 5.56. The van der Waals surface area contributed by atoms with Gasteiger partial charge in [-0.3, -0.25) is 0 Å². The molecule has 1 aliphatic carbocycles. The lowest BCUT2D eigenvalue weighted by molar-refractivity contribution is 0.0683. The summed E-state index contributed by atoms with van der Waals surface area (Å²) in [6, 6.07) is 0. The number of nitrogens with zero attached hydrogens (tertiary/aromatic N) is 1. The molecular formula is C9H18N2O4S. The first-order valence-corrected chi connectivity index (χ1v) is 7.00. The van der Waals surface area contributed by atoms with Gasteiger partial charge in [0.15, 0.2) is 0 Å². The molecule has 1 saturated carbocycles. The maximum Gasteiger partial charge on any atom is 0.280 e. The standard InChI is InChI=1S/C9H18N2O4S/c12-8-9(2-1-3-9)10-16(13,14)11-4-6-15-7-5-11/h10,12H,1-8H2. The molecule has 0 aromatic rings. The summed E-state index contributed by atoms with van der Waals surface area (Å²) in [5, 5.41) is 9.23. The molecular weight excluding hydrogens is 232 g/mol. The van der Waals surface area contributed by atoms with Gasteiger partial charge >= 0.3 is 0 Å². The van der Waals surface area contributed by atoms with Crippen molar-refractivity contribution in [1.82, 2.24) is 9.03 Å². The number of rotatable bonds is 4. The molecule has 0 atom stereocenters. The minimum atomic E-state index is -3.47. The zero-order chi connectivity index (χ0) is 11.6. The van der Waals surface area contributed by atoms with Crippen molar-refractivity contribution in [3.05, 3.63) is 0 Å². The second kappa shape index (κ2) is 4.58. The van der Waals surface area contributed by atoms with Crippen molar-refractivity contribution in [1.29, 1.82) is 0 Å². The number of hydrogen-bond acceptors (Lipinski definition) is 4. The Hall–Kier alpha value is -0.210. The van der Waals surface area contributed by atoms with Crippen LogP contribution in [0.4, 0.5) is 0 Å². The number of nitrogens with one attached hydrogen (secondary N) is 1. The summed E-state index contributed by atoms with van der Waals surface area (Å²) in [6.45, 7) is 1.52. The first-order chi connectivity index (χ1) is 7.58. The molecule has 2 fully saturated rings. The van der Waals surface area contributed by atoms with Gasteiger partial charge in [0.25, 0.3) is 10.2 Å². The Labute approximate surface area is 95.8 Å². The van der Waals surface area contributed by atoms with Crippen LogP contribution in [0.5, 0.6) is 0 Å². The molecule has 1 heterocycles. The smallest absolute Gasteiger partial charge is 0.280 e. The zero-order valence-corrected chi connectivity index (χ0v) is 10.0. The van der Waals surface area contributed by atoms with Crippen molar-refractivity contribution in [2.24, 2.45) is 0 Å². The average Bonchev–Trinajstić information content (AvgIpc) is 2.25. The van der Waals surface area contributed by atoms with Crippen LogP contribution in [-0.4, -0.2) is 56.3 Å². The molecule has 2 N–H and O–H groups in total. The Morgan fingerprint density at radius 3 is 2.38 bits per heavy atom. The highest BCUT2D eigenvalue weighted by molar-refractivity contribution is 7.87. The minimum absolute atomic E-state index is 0.128. The number of hydrogen-bond donors (Lipinski definition) is 2. The fraction of sp³-hybridized carbons (Fsp3) is 1.00. The average molecular weight is 250 g/mol. The van der Waals surface area contributed by atoms with Crippen molar-refractivity contribution in [3.8, 4) is 0 Å². The SMILES string of the molecule is O=S(=O)(NC1(CO)CCC1)N1CCOCC1. The highest BCUT2D eigenvalue weighted by atomic mass is 32.2. The molecule has 2 rings (SSSR count). The Morgan fingerprint density at radius 2 is 1.94 bits per heavy atom. The van der Waals surface area contributed by atoms with Gasteiger partial charge in [-0.05, 0) is 19.3 Å². The van der Waals surface area contributed by atoms with Crippen molar-refractivity contribution in [2.45, 2.75) is 24.8 Å². The van der Waals surface area contributed by atoms with Crippen LogP contribution in [0, 0.1) is 0 Å². The topological polar surface area (TPSA) is 78.9 Å². The highest BCUT2D eigenvalue weighted by Gasteiger charge is 2.41. The second-order valence-electron chi connectivity index (χ2n) is 4.41. The predicted molar refractivity (Wildman–Crippen MR) is 58.1 cm³/mol. The summed E-state index contributed by atoms with van der Waals surface area (Å²) in [7, 11) is -3.47. The molecule has 0 spiro atoms. The van der Waals surface area contributed by atoms with Gasteiger partial charge in [0, 0.05) is 13.1 Å². The molecule has 16 heavy (non-hydrogen) atoms. The maximum atomic E-state index is 12.0. The molecule has 0 aromatic carbocycles. The van der Waals surface area contributed by atoms with E-state index < -0.39 is 15.7 Å². The Balaban J connectivity index is 2.01. The van der Waals surface area contributed by atoms with E-state index in [4.69, 9.17) is 4.74 Å². The van der Waals surface area contributed by atoms with Crippen LogP contribution in [-0.2, 0) is 14.9 Å². The third-order valence-corrected chi connectivity index (χ3v) is 5.00. The monoisotopic (exact) mass is 250 g/mol. The lowest BCUT2D eigenvalue weighted by Crippen LogP contribution is -2.60. The predicted octanol–water partition coefficient (Wildman–Crippen LogP) is -0.932. The van der Waals surface area contributed by atoms with E-state index in [1.807, 2.05) is 0 Å². The van der Waals surface area contributed by atoms with E-state index >= 15 is 0 Å². The molecule has 6 nitrogen and oxygen atoms in total. The Bertz CT molecular complexity index is 328. The number of morpholine rings is 1. The fourth-order valence-electron chi connectivity index (χ4n) is 2.02. The molecule has 0 unspecified atom stereocenters. The third kappa shape index (κ3) is 2.38. The van der Waals surface area contributed by atoms with Gasteiger partial charge in [-0.2, -0.15) is 17.4 Å². The summed E-state index contributed by atoms with van der Waals surface area (Å²) >= 11 is 0. The van der Waals surface area contributed by atoms with Crippen LogP contribution in [0.2, 0.25) is 0 Å². The molecule has 1 saturated heterocycles. The molecule has 2 aliphatic rings. The van der Waals surface area contributed by atoms with Gasteiger partial charge < -0.3 is 9.84 Å². The zero-order valence-electron chi connectivity index (χ0n) is 9.18. The summed E-state index contributed by atoms with van der Waals surface area (Å²) < 4.78 is 33.1. The van der Waals surface area contributed by atoms with Gasteiger partial charge in [0.05, 0.1) is 25.4 Å². The summed E-state index contributed by atoms with van der Waals surface area (Å²) in [6.07, 6.45) is 2.40. The van der Waals surface area contributed by atoms with Crippen LogP contribution in [0.1, 0.15) is 19.3 Å². The molecule has 0 aromatic heterocycles.